The van der Waals surface area contributed by atoms with E-state index in [4.69, 9.17) is 16.7 Å². The molecule has 1 aromatic carbocycles. The Morgan fingerprint density at radius 1 is 1.60 bits per heavy atom. The molecular formula is C11H12ClFO2. The Morgan fingerprint density at radius 2 is 2.20 bits per heavy atom. The smallest absolute Gasteiger partial charge is 0.303 e. The maximum absolute atomic E-state index is 13.5. The molecule has 0 radical (unpaired) electrons. The summed E-state index contributed by atoms with van der Waals surface area (Å²) in [7, 11) is 0. The third kappa shape index (κ3) is 2.93. The Hall–Kier alpha value is -1.09. The minimum absolute atomic E-state index is 0.101. The van der Waals surface area contributed by atoms with Crippen LogP contribution in [0.1, 0.15) is 30.4 Å². The fourth-order valence-corrected chi connectivity index (χ4v) is 1.58. The molecule has 0 aliphatic carbocycles. The van der Waals surface area contributed by atoms with Crippen molar-refractivity contribution in [2.24, 2.45) is 0 Å². The van der Waals surface area contributed by atoms with Crippen molar-refractivity contribution < 1.29 is 14.3 Å². The fraction of sp³-hybridized carbons (Fsp3) is 0.364. The number of aryl methyl sites for hydroxylation is 1. The van der Waals surface area contributed by atoms with Crippen LogP contribution in [0.15, 0.2) is 12.1 Å². The van der Waals surface area contributed by atoms with Crippen molar-refractivity contribution in [3.8, 4) is 0 Å². The van der Waals surface area contributed by atoms with Crippen molar-refractivity contribution in [2.75, 3.05) is 0 Å². The number of carboxylic acids is 1. The minimum Gasteiger partial charge on any atom is -0.481 e. The molecule has 1 atom stereocenters. The topological polar surface area (TPSA) is 37.3 Å². The van der Waals surface area contributed by atoms with Gasteiger partial charge in [0.1, 0.15) is 5.82 Å². The van der Waals surface area contributed by atoms with Crippen LogP contribution in [0.5, 0.6) is 0 Å². The number of halogens is 2. The Labute approximate surface area is 92.7 Å². The van der Waals surface area contributed by atoms with Gasteiger partial charge in [-0.1, -0.05) is 18.5 Å². The number of rotatable bonds is 3. The van der Waals surface area contributed by atoms with Crippen LogP contribution < -0.4 is 0 Å². The summed E-state index contributed by atoms with van der Waals surface area (Å²) in [5, 5.41) is 9.07. The molecule has 0 saturated carbocycles. The van der Waals surface area contributed by atoms with Gasteiger partial charge < -0.3 is 5.11 Å². The van der Waals surface area contributed by atoms with E-state index >= 15 is 0 Å². The van der Waals surface area contributed by atoms with E-state index in [1.165, 1.54) is 12.1 Å². The summed E-state index contributed by atoms with van der Waals surface area (Å²) < 4.78 is 13.5. The van der Waals surface area contributed by atoms with Gasteiger partial charge in [0.2, 0.25) is 0 Å². The number of benzene rings is 1. The molecule has 0 bridgehead atoms. The second-order valence-corrected chi connectivity index (χ2v) is 4.03. The maximum Gasteiger partial charge on any atom is 0.303 e. The van der Waals surface area contributed by atoms with Crippen molar-refractivity contribution in [1.82, 2.24) is 0 Å². The SMILES string of the molecule is Cc1cc(F)c(C(C)CC(=O)O)cc1Cl. The molecule has 0 aromatic heterocycles. The monoisotopic (exact) mass is 230 g/mol. The van der Waals surface area contributed by atoms with E-state index < -0.39 is 11.8 Å². The van der Waals surface area contributed by atoms with Crippen LogP contribution in [0.3, 0.4) is 0 Å². The van der Waals surface area contributed by atoms with Gasteiger partial charge in [0, 0.05) is 5.02 Å². The molecule has 1 aromatic rings. The molecule has 82 valence electrons. The van der Waals surface area contributed by atoms with Gasteiger partial charge in [-0.25, -0.2) is 4.39 Å². The van der Waals surface area contributed by atoms with Crippen molar-refractivity contribution in [3.63, 3.8) is 0 Å². The van der Waals surface area contributed by atoms with Gasteiger partial charge in [-0.05, 0) is 36.1 Å². The first-order valence-corrected chi connectivity index (χ1v) is 4.97. The van der Waals surface area contributed by atoms with E-state index in [1.54, 1.807) is 13.8 Å². The van der Waals surface area contributed by atoms with Gasteiger partial charge in [0.15, 0.2) is 0 Å². The first-order valence-electron chi connectivity index (χ1n) is 4.59. The second kappa shape index (κ2) is 4.62. The summed E-state index contributed by atoms with van der Waals surface area (Å²) in [6, 6.07) is 2.83. The molecule has 1 rings (SSSR count). The van der Waals surface area contributed by atoms with Gasteiger partial charge in [-0.2, -0.15) is 0 Å². The van der Waals surface area contributed by atoms with Crippen LogP contribution >= 0.6 is 11.6 Å². The van der Waals surface area contributed by atoms with E-state index in [-0.39, 0.29) is 12.3 Å². The lowest BCUT2D eigenvalue weighted by Gasteiger charge is -2.11. The zero-order valence-electron chi connectivity index (χ0n) is 8.55. The molecule has 0 heterocycles. The summed E-state index contributed by atoms with van der Waals surface area (Å²) in [6.45, 7) is 3.37. The van der Waals surface area contributed by atoms with E-state index in [2.05, 4.69) is 0 Å². The molecule has 0 aliphatic rings. The average molecular weight is 231 g/mol. The van der Waals surface area contributed by atoms with Crippen LogP contribution in [0.2, 0.25) is 5.02 Å². The van der Waals surface area contributed by atoms with Crippen molar-refractivity contribution in [2.45, 2.75) is 26.2 Å². The first-order chi connectivity index (χ1) is 6.91. The van der Waals surface area contributed by atoms with Gasteiger partial charge in [-0.15, -0.1) is 0 Å². The maximum atomic E-state index is 13.5. The lowest BCUT2D eigenvalue weighted by molar-refractivity contribution is -0.137. The Kier molecular flexibility index (Phi) is 3.69. The van der Waals surface area contributed by atoms with Gasteiger partial charge in [-0.3, -0.25) is 4.79 Å². The zero-order valence-corrected chi connectivity index (χ0v) is 9.31. The quantitative estimate of drug-likeness (QED) is 0.865. The summed E-state index contributed by atoms with van der Waals surface area (Å²) in [6.07, 6.45) is -0.101. The Bertz CT molecular complexity index is 390. The van der Waals surface area contributed by atoms with Crippen molar-refractivity contribution in [1.29, 1.82) is 0 Å². The van der Waals surface area contributed by atoms with Crippen LogP contribution in [0, 0.1) is 12.7 Å². The largest absolute Gasteiger partial charge is 0.481 e. The Morgan fingerprint density at radius 3 is 2.73 bits per heavy atom. The highest BCUT2D eigenvalue weighted by atomic mass is 35.5. The van der Waals surface area contributed by atoms with Crippen LogP contribution in [-0.4, -0.2) is 11.1 Å². The lowest BCUT2D eigenvalue weighted by Crippen LogP contribution is -2.05. The highest BCUT2D eigenvalue weighted by Crippen LogP contribution is 2.27. The van der Waals surface area contributed by atoms with E-state index in [0.29, 0.717) is 16.1 Å². The van der Waals surface area contributed by atoms with Crippen LogP contribution in [-0.2, 0) is 4.79 Å². The number of aliphatic carboxylic acids is 1. The van der Waals surface area contributed by atoms with E-state index in [0.717, 1.165) is 0 Å². The number of carboxylic acid groups (broad SMARTS) is 1. The molecule has 0 spiro atoms. The van der Waals surface area contributed by atoms with Gasteiger partial charge >= 0.3 is 5.97 Å². The van der Waals surface area contributed by atoms with Crippen LogP contribution in [0.25, 0.3) is 0 Å². The fourth-order valence-electron chi connectivity index (χ4n) is 1.41. The summed E-state index contributed by atoms with van der Waals surface area (Å²) in [4.78, 5) is 10.5. The molecule has 1 N–H and O–H groups in total. The van der Waals surface area contributed by atoms with E-state index in [9.17, 15) is 9.18 Å². The summed E-state index contributed by atoms with van der Waals surface area (Å²) in [5.74, 6) is -1.72. The molecule has 0 saturated heterocycles. The second-order valence-electron chi connectivity index (χ2n) is 3.62. The predicted octanol–water partition coefficient (Wildman–Crippen LogP) is 3.37. The third-order valence-electron chi connectivity index (χ3n) is 2.29. The summed E-state index contributed by atoms with van der Waals surface area (Å²) >= 11 is 5.85. The minimum atomic E-state index is -0.946. The van der Waals surface area contributed by atoms with Gasteiger partial charge in [0.05, 0.1) is 6.42 Å². The molecule has 2 nitrogen and oxygen atoms in total. The highest BCUT2D eigenvalue weighted by molar-refractivity contribution is 6.31. The highest BCUT2D eigenvalue weighted by Gasteiger charge is 2.15. The molecule has 4 heteroatoms. The molecule has 1 unspecified atom stereocenters. The van der Waals surface area contributed by atoms with Crippen molar-refractivity contribution in [3.05, 3.63) is 34.1 Å². The first kappa shape index (κ1) is 12.0. The van der Waals surface area contributed by atoms with Crippen LogP contribution in [0.4, 0.5) is 4.39 Å². The standard InChI is InChI=1S/C11H12ClFO2/c1-6(4-11(14)15)8-5-9(12)7(2)3-10(8)13/h3,5-6H,4H2,1-2H3,(H,14,15). The molecule has 0 fully saturated rings. The van der Waals surface area contributed by atoms with Gasteiger partial charge in [0.25, 0.3) is 0 Å². The number of hydrogen-bond acceptors (Lipinski definition) is 1. The third-order valence-corrected chi connectivity index (χ3v) is 2.70. The number of hydrogen-bond donors (Lipinski definition) is 1. The normalized spacial score (nSPS) is 12.5. The average Bonchev–Trinajstić information content (AvgIpc) is 2.09. The molecule has 15 heavy (non-hydrogen) atoms. The zero-order chi connectivity index (χ0) is 11.6. The summed E-state index contributed by atoms with van der Waals surface area (Å²) in [5.41, 5.74) is 1.01. The Balaban J connectivity index is 3.03. The van der Waals surface area contributed by atoms with Crippen molar-refractivity contribution >= 4 is 17.6 Å². The molecular weight excluding hydrogens is 219 g/mol. The lowest BCUT2D eigenvalue weighted by atomic mass is 9.96. The predicted molar refractivity (Wildman–Crippen MR) is 56.8 cm³/mol. The molecule has 0 aliphatic heterocycles. The van der Waals surface area contributed by atoms with E-state index in [1.807, 2.05) is 0 Å². The molecule has 0 amide bonds. The number of carbonyl (C=O) groups is 1.